The summed E-state index contributed by atoms with van der Waals surface area (Å²) < 4.78 is 0. The average Bonchev–Trinajstić information content (AvgIpc) is 1.69. The molecule has 1 rings (SSSR count). The second-order valence-corrected chi connectivity index (χ2v) is 2.39. The van der Waals surface area contributed by atoms with Crippen molar-refractivity contribution in [1.82, 2.24) is 10.2 Å². The molecule has 1 heterocycles. The van der Waals surface area contributed by atoms with Crippen molar-refractivity contribution < 1.29 is 0 Å². The van der Waals surface area contributed by atoms with E-state index in [9.17, 15) is 0 Å². The Morgan fingerprint density at radius 3 is 2.71 bits per heavy atom. The van der Waals surface area contributed by atoms with Crippen LogP contribution in [0.2, 0.25) is 0 Å². The molecule has 0 unspecified atom stereocenters. The second kappa shape index (κ2) is 1.84. The molecule has 1 aromatic rings. The lowest BCUT2D eigenvalue weighted by Gasteiger charge is -1.80. The van der Waals surface area contributed by atoms with Gasteiger partial charge in [0, 0.05) is 11.5 Å². The van der Waals surface area contributed by atoms with Gasteiger partial charge in [0.1, 0.15) is 0 Å². The van der Waals surface area contributed by atoms with E-state index in [4.69, 9.17) is 0 Å². The first-order valence-electron chi connectivity index (χ1n) is 2.14. The molecule has 7 heavy (non-hydrogen) atoms. The number of nitrogens with zero attached hydrogens (tertiary/aromatic N) is 2. The summed E-state index contributed by atoms with van der Waals surface area (Å²) in [6.07, 6.45) is 1.68. The van der Waals surface area contributed by atoms with E-state index < -0.39 is 0 Å². The first-order valence-corrected chi connectivity index (χ1v) is 3.14. The largest absolute Gasteiger partial charge is 0.162 e. The van der Waals surface area contributed by atoms with Crippen LogP contribution in [0.5, 0.6) is 0 Å². The first kappa shape index (κ1) is 4.46. The summed E-state index contributed by atoms with van der Waals surface area (Å²) in [6.45, 7) is 0. The minimum atomic E-state index is 1.00. The predicted octanol–water partition coefficient (Wildman–Crippen LogP) is -1.53. The molecule has 0 aliphatic heterocycles. The van der Waals surface area contributed by atoms with Crippen LogP contribution in [0.15, 0.2) is 18.3 Å². The van der Waals surface area contributed by atoms with E-state index >= 15 is 0 Å². The highest BCUT2D eigenvalue weighted by Crippen LogP contribution is 1.65. The van der Waals surface area contributed by atoms with Gasteiger partial charge in [0.25, 0.3) is 0 Å². The van der Waals surface area contributed by atoms with Gasteiger partial charge in [0.15, 0.2) is 0 Å². The third kappa shape index (κ3) is 1.08. The molecule has 0 fully saturated rings. The van der Waals surface area contributed by atoms with E-state index in [1.54, 1.807) is 6.20 Å². The van der Waals surface area contributed by atoms with E-state index in [2.05, 4.69) is 10.2 Å². The van der Waals surface area contributed by atoms with Gasteiger partial charge in [0.2, 0.25) is 0 Å². The zero-order chi connectivity index (χ0) is 5.11. The highest BCUT2D eigenvalue weighted by Gasteiger charge is 1.74. The van der Waals surface area contributed by atoms with Gasteiger partial charge in [-0.05, 0) is 12.1 Å². The van der Waals surface area contributed by atoms with Crippen LogP contribution in [-0.4, -0.2) is 20.4 Å². The summed E-state index contributed by atoms with van der Waals surface area (Å²) in [7, 11) is 1.00. The molecular formula is C4H6N2Si. The maximum absolute atomic E-state index is 3.79. The summed E-state index contributed by atoms with van der Waals surface area (Å²) in [6, 6.07) is 3.87. The minimum Gasteiger partial charge on any atom is -0.162 e. The van der Waals surface area contributed by atoms with E-state index in [1.165, 1.54) is 0 Å². The number of hydrogen-bond acceptors (Lipinski definition) is 2. The van der Waals surface area contributed by atoms with Crippen molar-refractivity contribution in [2.24, 2.45) is 0 Å². The van der Waals surface area contributed by atoms with Crippen LogP contribution in [0, 0.1) is 0 Å². The molecule has 0 radical (unpaired) electrons. The Hall–Kier alpha value is -0.703. The van der Waals surface area contributed by atoms with E-state index in [0.29, 0.717) is 0 Å². The molecule has 0 aliphatic carbocycles. The average molecular weight is 110 g/mol. The van der Waals surface area contributed by atoms with Gasteiger partial charge in [-0.25, -0.2) is 0 Å². The molecule has 3 heteroatoms. The maximum Gasteiger partial charge on any atom is 0.0647 e. The lowest BCUT2D eigenvalue weighted by atomic mass is 10.6. The van der Waals surface area contributed by atoms with Crippen molar-refractivity contribution in [3.63, 3.8) is 0 Å². The summed E-state index contributed by atoms with van der Waals surface area (Å²) >= 11 is 0. The fraction of sp³-hybridized carbons (Fsp3) is 0. The predicted molar refractivity (Wildman–Crippen MR) is 31.6 cm³/mol. The number of hydrogen-bond donors (Lipinski definition) is 0. The van der Waals surface area contributed by atoms with Crippen LogP contribution < -0.4 is 5.32 Å². The Labute approximate surface area is 45.0 Å². The molecular weight excluding hydrogens is 104 g/mol. The molecule has 0 saturated heterocycles. The molecule has 0 amide bonds. The van der Waals surface area contributed by atoms with Crippen molar-refractivity contribution in [2.45, 2.75) is 0 Å². The van der Waals surface area contributed by atoms with Crippen molar-refractivity contribution >= 4 is 15.6 Å². The summed E-state index contributed by atoms with van der Waals surface area (Å²) in [5, 5.41) is 8.56. The minimum absolute atomic E-state index is 1.00. The van der Waals surface area contributed by atoms with Gasteiger partial charge < -0.3 is 0 Å². The Kier molecular flexibility index (Phi) is 1.17. The SMILES string of the molecule is [SiH3]c1cccnn1. The van der Waals surface area contributed by atoms with Gasteiger partial charge in [-0.3, -0.25) is 0 Å². The van der Waals surface area contributed by atoms with Crippen LogP contribution in [0.1, 0.15) is 0 Å². The molecule has 36 valence electrons. The van der Waals surface area contributed by atoms with Gasteiger partial charge in [-0.15, -0.1) is 0 Å². The molecule has 0 bridgehead atoms. The lowest BCUT2D eigenvalue weighted by molar-refractivity contribution is 1.06. The summed E-state index contributed by atoms with van der Waals surface area (Å²) in [4.78, 5) is 0. The van der Waals surface area contributed by atoms with Gasteiger partial charge >= 0.3 is 0 Å². The molecule has 0 aromatic carbocycles. The van der Waals surface area contributed by atoms with Crippen LogP contribution in [-0.2, 0) is 0 Å². The fourth-order valence-electron chi connectivity index (χ4n) is 0.379. The second-order valence-electron chi connectivity index (χ2n) is 1.37. The van der Waals surface area contributed by atoms with Crippen LogP contribution >= 0.6 is 0 Å². The van der Waals surface area contributed by atoms with Crippen molar-refractivity contribution in [3.05, 3.63) is 18.3 Å². The van der Waals surface area contributed by atoms with Crippen molar-refractivity contribution in [1.29, 1.82) is 0 Å². The molecule has 1 aromatic heterocycles. The van der Waals surface area contributed by atoms with Crippen molar-refractivity contribution in [3.8, 4) is 0 Å². The van der Waals surface area contributed by atoms with Crippen molar-refractivity contribution in [2.75, 3.05) is 0 Å². The Morgan fingerprint density at radius 1 is 1.57 bits per heavy atom. The first-order chi connectivity index (χ1) is 3.39. The van der Waals surface area contributed by atoms with E-state index in [0.717, 1.165) is 15.6 Å². The highest BCUT2D eigenvalue weighted by atomic mass is 28.1. The zero-order valence-corrected chi connectivity index (χ0v) is 6.13. The highest BCUT2D eigenvalue weighted by molar-refractivity contribution is 6.30. The van der Waals surface area contributed by atoms with Crippen LogP contribution in [0.4, 0.5) is 0 Å². The maximum atomic E-state index is 3.79. The number of aromatic nitrogens is 2. The molecule has 0 aliphatic rings. The quantitative estimate of drug-likeness (QED) is 0.379. The molecule has 0 N–H and O–H groups in total. The molecule has 0 spiro atoms. The Morgan fingerprint density at radius 2 is 2.43 bits per heavy atom. The van der Waals surface area contributed by atoms with E-state index in [-0.39, 0.29) is 0 Å². The van der Waals surface area contributed by atoms with Crippen LogP contribution in [0.25, 0.3) is 0 Å². The Bertz CT molecular complexity index is 140. The van der Waals surface area contributed by atoms with Gasteiger partial charge in [-0.1, -0.05) is 0 Å². The molecule has 0 atom stereocenters. The monoisotopic (exact) mass is 110 g/mol. The third-order valence-corrected chi connectivity index (χ3v) is 1.24. The zero-order valence-electron chi connectivity index (χ0n) is 4.13. The molecule has 0 saturated carbocycles. The standard InChI is InChI=1S/C4H6N2Si/c7-4-2-1-3-5-6-4/h1-3H,7H3. The topological polar surface area (TPSA) is 25.8 Å². The fourth-order valence-corrected chi connectivity index (χ4v) is 0.686. The molecule has 2 nitrogen and oxygen atoms in total. The van der Waals surface area contributed by atoms with E-state index in [1.807, 2.05) is 12.1 Å². The normalized spacial score (nSPS) is 9.14. The van der Waals surface area contributed by atoms with Gasteiger partial charge in [0.05, 0.1) is 10.2 Å². The third-order valence-electron chi connectivity index (χ3n) is 0.706. The summed E-state index contributed by atoms with van der Waals surface area (Å²) in [5.74, 6) is 0. The smallest absolute Gasteiger partial charge is 0.0647 e. The van der Waals surface area contributed by atoms with Gasteiger partial charge in [-0.2, -0.15) is 10.2 Å². The lowest BCUT2D eigenvalue weighted by Crippen LogP contribution is -2.07. The number of rotatable bonds is 0. The summed E-state index contributed by atoms with van der Waals surface area (Å²) in [5.41, 5.74) is 0. The Balaban J connectivity index is 3.02. The van der Waals surface area contributed by atoms with Crippen LogP contribution in [0.3, 0.4) is 0 Å².